The molecular formula is C14H11Cl4N. The molecule has 0 aliphatic heterocycles. The van der Waals surface area contributed by atoms with Gasteiger partial charge < -0.3 is 5.32 Å². The minimum absolute atomic E-state index is 0.0759. The molecule has 2 aromatic rings. The molecule has 0 saturated carbocycles. The van der Waals surface area contributed by atoms with Crippen LogP contribution in [0.5, 0.6) is 0 Å². The summed E-state index contributed by atoms with van der Waals surface area (Å²) in [6.45, 7) is 2.03. The number of benzene rings is 2. The van der Waals surface area contributed by atoms with Crippen molar-refractivity contribution in [1.29, 1.82) is 0 Å². The van der Waals surface area contributed by atoms with E-state index in [4.69, 9.17) is 46.4 Å². The molecule has 0 aromatic heterocycles. The second-order valence-electron chi connectivity index (χ2n) is 4.16. The minimum Gasteiger partial charge on any atom is -0.377 e. The summed E-state index contributed by atoms with van der Waals surface area (Å²) in [5, 5.41) is 5.46. The van der Waals surface area contributed by atoms with Crippen molar-refractivity contribution in [2.75, 3.05) is 5.32 Å². The Morgan fingerprint density at radius 1 is 0.842 bits per heavy atom. The number of nitrogens with one attached hydrogen (secondary N) is 1. The van der Waals surface area contributed by atoms with Crippen LogP contribution in [0.1, 0.15) is 18.5 Å². The molecule has 0 saturated heterocycles. The third-order valence-electron chi connectivity index (χ3n) is 2.75. The Balaban J connectivity index is 2.21. The van der Waals surface area contributed by atoms with Gasteiger partial charge in [0.25, 0.3) is 0 Å². The second-order valence-corrected chi connectivity index (χ2v) is 5.82. The topological polar surface area (TPSA) is 12.0 Å². The van der Waals surface area contributed by atoms with Crippen LogP contribution >= 0.6 is 46.4 Å². The van der Waals surface area contributed by atoms with E-state index in [1.54, 1.807) is 12.1 Å². The number of rotatable bonds is 3. The summed E-state index contributed by atoms with van der Waals surface area (Å²) in [4.78, 5) is 0. The number of hydrogen-bond donors (Lipinski definition) is 1. The summed E-state index contributed by atoms with van der Waals surface area (Å²) >= 11 is 23.9. The predicted molar refractivity (Wildman–Crippen MR) is 85.0 cm³/mol. The molecule has 1 unspecified atom stereocenters. The first-order valence-corrected chi connectivity index (χ1v) is 7.15. The van der Waals surface area contributed by atoms with Gasteiger partial charge in [-0.2, -0.15) is 0 Å². The Hall–Kier alpha value is -0.600. The quantitative estimate of drug-likeness (QED) is 0.634. The van der Waals surface area contributed by atoms with E-state index in [1.807, 2.05) is 31.2 Å². The fourth-order valence-corrected chi connectivity index (χ4v) is 2.43. The molecule has 0 radical (unpaired) electrons. The molecule has 1 nitrogen and oxygen atoms in total. The standard InChI is InChI=1S/C14H11Cl4N/c1-8(9-2-4-10(15)5-3-9)19-14-7-12(17)11(16)6-13(14)18/h2-8,19H,1H3. The molecule has 0 amide bonds. The van der Waals surface area contributed by atoms with E-state index >= 15 is 0 Å². The molecule has 100 valence electrons. The molecule has 5 heteroatoms. The van der Waals surface area contributed by atoms with Gasteiger partial charge in [0.1, 0.15) is 0 Å². The summed E-state index contributed by atoms with van der Waals surface area (Å²) in [5.41, 5.74) is 1.85. The average Bonchev–Trinajstić information content (AvgIpc) is 2.36. The normalized spacial score (nSPS) is 12.3. The molecule has 2 aromatic carbocycles. The van der Waals surface area contributed by atoms with Gasteiger partial charge in [0.15, 0.2) is 0 Å². The Morgan fingerprint density at radius 2 is 1.42 bits per heavy atom. The summed E-state index contributed by atoms with van der Waals surface area (Å²) in [6.07, 6.45) is 0. The lowest BCUT2D eigenvalue weighted by atomic mass is 10.1. The molecule has 19 heavy (non-hydrogen) atoms. The van der Waals surface area contributed by atoms with Crippen molar-refractivity contribution in [1.82, 2.24) is 0 Å². The van der Waals surface area contributed by atoms with Crippen LogP contribution in [0, 0.1) is 0 Å². The van der Waals surface area contributed by atoms with Gasteiger partial charge in [-0.05, 0) is 36.8 Å². The van der Waals surface area contributed by atoms with Gasteiger partial charge in [0.2, 0.25) is 0 Å². The number of hydrogen-bond acceptors (Lipinski definition) is 1. The summed E-state index contributed by atoms with van der Waals surface area (Å²) in [5.74, 6) is 0. The lowest BCUT2D eigenvalue weighted by Gasteiger charge is -2.17. The van der Waals surface area contributed by atoms with E-state index in [1.165, 1.54) is 0 Å². The highest BCUT2D eigenvalue weighted by Crippen LogP contribution is 2.34. The fraction of sp³-hybridized carbons (Fsp3) is 0.143. The van der Waals surface area contributed by atoms with Crippen molar-refractivity contribution in [2.24, 2.45) is 0 Å². The van der Waals surface area contributed by atoms with Crippen LogP contribution in [-0.4, -0.2) is 0 Å². The molecule has 0 heterocycles. The highest BCUT2D eigenvalue weighted by Gasteiger charge is 2.10. The molecule has 0 fully saturated rings. The molecule has 0 aliphatic carbocycles. The van der Waals surface area contributed by atoms with E-state index < -0.39 is 0 Å². The van der Waals surface area contributed by atoms with Crippen molar-refractivity contribution >= 4 is 52.1 Å². The third kappa shape index (κ3) is 3.70. The van der Waals surface area contributed by atoms with E-state index in [0.717, 1.165) is 11.3 Å². The van der Waals surface area contributed by atoms with Crippen molar-refractivity contribution in [3.8, 4) is 0 Å². The fourth-order valence-electron chi connectivity index (χ4n) is 1.70. The molecular weight excluding hydrogens is 324 g/mol. The van der Waals surface area contributed by atoms with Gasteiger partial charge in [0.05, 0.1) is 20.8 Å². The molecule has 1 N–H and O–H groups in total. The monoisotopic (exact) mass is 333 g/mol. The van der Waals surface area contributed by atoms with E-state index in [2.05, 4.69) is 5.32 Å². The Bertz CT molecular complexity index is 581. The van der Waals surface area contributed by atoms with Crippen molar-refractivity contribution in [3.63, 3.8) is 0 Å². The van der Waals surface area contributed by atoms with E-state index in [-0.39, 0.29) is 6.04 Å². The van der Waals surface area contributed by atoms with Crippen molar-refractivity contribution < 1.29 is 0 Å². The molecule has 0 bridgehead atoms. The van der Waals surface area contributed by atoms with Crippen molar-refractivity contribution in [2.45, 2.75) is 13.0 Å². The third-order valence-corrected chi connectivity index (χ3v) is 4.04. The lowest BCUT2D eigenvalue weighted by molar-refractivity contribution is 0.885. The zero-order valence-corrected chi connectivity index (χ0v) is 13.1. The Labute approximate surface area is 132 Å². The summed E-state index contributed by atoms with van der Waals surface area (Å²) in [6, 6.07) is 11.1. The Morgan fingerprint density at radius 3 is 2.05 bits per heavy atom. The largest absolute Gasteiger partial charge is 0.377 e. The van der Waals surface area contributed by atoms with Crippen LogP contribution in [0.15, 0.2) is 36.4 Å². The first kappa shape index (κ1) is 14.8. The van der Waals surface area contributed by atoms with Crippen LogP contribution in [0.25, 0.3) is 0 Å². The van der Waals surface area contributed by atoms with Crippen LogP contribution in [0.2, 0.25) is 20.1 Å². The summed E-state index contributed by atoms with van der Waals surface area (Å²) < 4.78 is 0. The first-order valence-electron chi connectivity index (χ1n) is 5.64. The SMILES string of the molecule is CC(Nc1cc(Cl)c(Cl)cc1Cl)c1ccc(Cl)cc1. The maximum Gasteiger partial charge on any atom is 0.0653 e. The van der Waals surface area contributed by atoms with Crippen LogP contribution < -0.4 is 5.32 Å². The lowest BCUT2D eigenvalue weighted by Crippen LogP contribution is -2.06. The van der Waals surface area contributed by atoms with Crippen LogP contribution in [0.3, 0.4) is 0 Å². The van der Waals surface area contributed by atoms with Gasteiger partial charge in [-0.3, -0.25) is 0 Å². The molecule has 0 spiro atoms. The van der Waals surface area contributed by atoms with E-state index in [9.17, 15) is 0 Å². The number of halogens is 4. The maximum absolute atomic E-state index is 6.13. The smallest absolute Gasteiger partial charge is 0.0653 e. The first-order chi connectivity index (χ1) is 8.97. The van der Waals surface area contributed by atoms with Crippen molar-refractivity contribution in [3.05, 3.63) is 62.1 Å². The Kier molecular flexibility index (Phi) is 4.86. The second kappa shape index (κ2) is 6.23. The summed E-state index contributed by atoms with van der Waals surface area (Å²) in [7, 11) is 0. The van der Waals surface area contributed by atoms with Gasteiger partial charge in [-0.1, -0.05) is 58.5 Å². The maximum atomic E-state index is 6.13. The van der Waals surface area contributed by atoms with Gasteiger partial charge >= 0.3 is 0 Å². The molecule has 1 atom stereocenters. The van der Waals surface area contributed by atoms with E-state index in [0.29, 0.717) is 20.1 Å². The highest BCUT2D eigenvalue weighted by molar-refractivity contribution is 6.44. The average molecular weight is 335 g/mol. The highest BCUT2D eigenvalue weighted by atomic mass is 35.5. The molecule has 2 rings (SSSR count). The van der Waals surface area contributed by atoms with Crippen LogP contribution in [0.4, 0.5) is 5.69 Å². The zero-order chi connectivity index (χ0) is 14.0. The minimum atomic E-state index is 0.0759. The predicted octanol–water partition coefficient (Wildman–Crippen LogP) is 6.47. The van der Waals surface area contributed by atoms with Gasteiger partial charge in [-0.15, -0.1) is 0 Å². The van der Waals surface area contributed by atoms with Gasteiger partial charge in [-0.25, -0.2) is 0 Å². The zero-order valence-electron chi connectivity index (χ0n) is 10.1. The molecule has 0 aliphatic rings. The number of anilines is 1. The van der Waals surface area contributed by atoms with Crippen LogP contribution in [-0.2, 0) is 0 Å². The van der Waals surface area contributed by atoms with Gasteiger partial charge in [0, 0.05) is 11.1 Å².